The van der Waals surface area contributed by atoms with Crippen LogP contribution in [0.4, 0.5) is 8.78 Å². The van der Waals surface area contributed by atoms with Crippen molar-refractivity contribution in [3.8, 4) is 23.2 Å². The van der Waals surface area contributed by atoms with Gasteiger partial charge in [0.05, 0.1) is 41.0 Å². The zero-order valence-electron chi connectivity index (χ0n) is 23.7. The standard InChI is InChI=1S/C34H28F2N4O3/c1-20-12-25(15-33-38-31-9-8-23(21(2)41)14-32(31)40(33)18-26-10-11-42-26)29(36)16-27(20)30-4-3-5-34(39-30)43-19-24-7-6-22(17-37)13-28(24)35/h3-9,12-14,16,26H,10-11,15,18-19H2,1-2H3. The molecule has 0 saturated carbocycles. The van der Waals surface area contributed by atoms with E-state index in [0.717, 1.165) is 29.1 Å². The second-order valence-electron chi connectivity index (χ2n) is 10.7. The predicted molar refractivity (Wildman–Crippen MR) is 157 cm³/mol. The van der Waals surface area contributed by atoms with Crippen LogP contribution in [-0.2, 0) is 24.3 Å². The van der Waals surface area contributed by atoms with Gasteiger partial charge in [-0.15, -0.1) is 0 Å². The van der Waals surface area contributed by atoms with Gasteiger partial charge in [-0.05, 0) is 73.9 Å². The summed E-state index contributed by atoms with van der Waals surface area (Å²) in [4.78, 5) is 21.4. The van der Waals surface area contributed by atoms with Crippen LogP contribution in [0.2, 0.25) is 0 Å². The molecule has 216 valence electrons. The Hall–Kier alpha value is -4.94. The highest BCUT2D eigenvalue weighted by Gasteiger charge is 2.23. The third-order valence-corrected chi connectivity index (χ3v) is 7.71. The monoisotopic (exact) mass is 578 g/mol. The minimum atomic E-state index is -0.531. The number of rotatable bonds is 9. The summed E-state index contributed by atoms with van der Waals surface area (Å²) in [6, 6.07) is 20.0. The molecule has 1 fully saturated rings. The Kier molecular flexibility index (Phi) is 7.70. The van der Waals surface area contributed by atoms with Gasteiger partial charge in [-0.1, -0.05) is 18.2 Å². The van der Waals surface area contributed by atoms with Crippen LogP contribution in [0.5, 0.6) is 5.88 Å². The van der Waals surface area contributed by atoms with Crippen LogP contribution < -0.4 is 4.74 Å². The summed E-state index contributed by atoms with van der Waals surface area (Å²) in [6.07, 6.45) is 1.25. The van der Waals surface area contributed by atoms with Crippen LogP contribution >= 0.6 is 0 Å². The van der Waals surface area contributed by atoms with Crippen LogP contribution in [-0.4, -0.2) is 33.0 Å². The molecule has 0 amide bonds. The molecule has 7 nitrogen and oxygen atoms in total. The number of hydrogen-bond donors (Lipinski definition) is 0. The summed E-state index contributed by atoms with van der Waals surface area (Å²) in [6.45, 7) is 4.65. The summed E-state index contributed by atoms with van der Waals surface area (Å²) in [5.41, 5.74) is 5.14. The number of nitriles is 1. The number of imidazole rings is 1. The Morgan fingerprint density at radius 3 is 2.60 bits per heavy atom. The topological polar surface area (TPSA) is 90.0 Å². The molecule has 3 heterocycles. The van der Waals surface area contributed by atoms with Gasteiger partial charge < -0.3 is 14.0 Å². The second-order valence-corrected chi connectivity index (χ2v) is 10.7. The van der Waals surface area contributed by atoms with Gasteiger partial charge in [-0.25, -0.2) is 18.7 Å². The molecule has 0 spiro atoms. The van der Waals surface area contributed by atoms with E-state index in [0.29, 0.717) is 46.9 Å². The molecule has 2 aromatic heterocycles. The van der Waals surface area contributed by atoms with Crippen molar-refractivity contribution in [3.05, 3.63) is 112 Å². The fourth-order valence-corrected chi connectivity index (χ4v) is 5.22. The molecule has 1 unspecified atom stereocenters. The minimum absolute atomic E-state index is 0.0298. The lowest BCUT2D eigenvalue weighted by molar-refractivity contribution is -0.0589. The first-order valence-electron chi connectivity index (χ1n) is 14.0. The normalized spacial score (nSPS) is 14.3. The lowest BCUT2D eigenvalue weighted by Crippen LogP contribution is -2.31. The number of Topliss-reactive ketones (excluding diaryl/α,β-unsaturated/α-hetero) is 1. The highest BCUT2D eigenvalue weighted by molar-refractivity contribution is 5.97. The fourth-order valence-electron chi connectivity index (χ4n) is 5.22. The molecule has 0 aliphatic carbocycles. The maximum absolute atomic E-state index is 15.6. The van der Waals surface area contributed by atoms with E-state index in [1.807, 2.05) is 29.7 Å². The number of nitrogens with zero attached hydrogens (tertiary/aromatic N) is 4. The Morgan fingerprint density at radius 2 is 1.88 bits per heavy atom. The molecule has 1 atom stereocenters. The maximum Gasteiger partial charge on any atom is 0.214 e. The molecular weight excluding hydrogens is 550 g/mol. The van der Waals surface area contributed by atoms with E-state index >= 15 is 4.39 Å². The van der Waals surface area contributed by atoms with Crippen molar-refractivity contribution in [2.45, 2.75) is 45.9 Å². The Balaban J connectivity index is 1.26. The average Bonchev–Trinajstić information content (AvgIpc) is 3.31. The van der Waals surface area contributed by atoms with E-state index in [1.54, 1.807) is 30.3 Å². The van der Waals surface area contributed by atoms with E-state index in [9.17, 15) is 9.18 Å². The number of pyridine rings is 1. The third-order valence-electron chi connectivity index (χ3n) is 7.71. The lowest BCUT2D eigenvalue weighted by Gasteiger charge is -2.27. The van der Waals surface area contributed by atoms with Gasteiger partial charge in [0, 0.05) is 35.8 Å². The highest BCUT2D eigenvalue weighted by atomic mass is 19.1. The summed E-state index contributed by atoms with van der Waals surface area (Å²) in [5.74, 6) is 0.00806. The van der Waals surface area contributed by atoms with Gasteiger partial charge in [0.2, 0.25) is 5.88 Å². The van der Waals surface area contributed by atoms with Crippen LogP contribution in [0.15, 0.2) is 66.7 Å². The van der Waals surface area contributed by atoms with Crippen molar-refractivity contribution in [2.24, 2.45) is 0 Å². The first-order valence-corrected chi connectivity index (χ1v) is 14.0. The van der Waals surface area contributed by atoms with Crippen molar-refractivity contribution < 1.29 is 23.0 Å². The molecule has 9 heteroatoms. The van der Waals surface area contributed by atoms with Crippen molar-refractivity contribution in [1.82, 2.24) is 14.5 Å². The number of carbonyl (C=O) groups excluding carboxylic acids is 1. The second kappa shape index (κ2) is 11.7. The fraction of sp³-hybridized carbons (Fsp3) is 0.235. The highest BCUT2D eigenvalue weighted by Crippen LogP contribution is 2.29. The maximum atomic E-state index is 15.6. The Bertz CT molecular complexity index is 1910. The molecule has 43 heavy (non-hydrogen) atoms. The number of carbonyl (C=O) groups is 1. The SMILES string of the molecule is CC(=O)c1ccc2nc(Cc3cc(C)c(-c4cccc(OCc5ccc(C#N)cc5F)n4)cc3F)n(CC3CCO3)c2c1. The van der Waals surface area contributed by atoms with Gasteiger partial charge >= 0.3 is 0 Å². The van der Waals surface area contributed by atoms with Gasteiger partial charge in [0.25, 0.3) is 0 Å². The molecule has 0 radical (unpaired) electrons. The van der Waals surface area contributed by atoms with Crippen LogP contribution in [0.25, 0.3) is 22.3 Å². The third kappa shape index (κ3) is 5.87. The number of fused-ring (bicyclic) bond motifs is 1. The number of ketones is 1. The van der Waals surface area contributed by atoms with E-state index in [1.165, 1.54) is 25.1 Å². The van der Waals surface area contributed by atoms with E-state index in [2.05, 4.69) is 4.98 Å². The van der Waals surface area contributed by atoms with Gasteiger partial charge in [-0.2, -0.15) is 5.26 Å². The van der Waals surface area contributed by atoms with Gasteiger partial charge in [-0.3, -0.25) is 4.79 Å². The Morgan fingerprint density at radius 1 is 1.07 bits per heavy atom. The number of benzene rings is 3. The summed E-state index contributed by atoms with van der Waals surface area (Å²) in [5, 5.41) is 8.94. The number of halogens is 2. The van der Waals surface area contributed by atoms with Crippen LogP contribution in [0, 0.1) is 29.9 Å². The molecular formula is C34H28F2N4O3. The molecule has 3 aromatic carbocycles. The van der Waals surface area contributed by atoms with Crippen molar-refractivity contribution in [1.29, 1.82) is 5.26 Å². The van der Waals surface area contributed by atoms with Crippen LogP contribution in [0.1, 0.15) is 51.8 Å². The zero-order valence-corrected chi connectivity index (χ0v) is 23.7. The van der Waals surface area contributed by atoms with E-state index < -0.39 is 11.6 Å². The predicted octanol–water partition coefficient (Wildman–Crippen LogP) is 6.72. The number of aryl methyl sites for hydroxylation is 1. The van der Waals surface area contributed by atoms with Crippen LogP contribution in [0.3, 0.4) is 0 Å². The first-order chi connectivity index (χ1) is 20.8. The van der Waals surface area contributed by atoms with Gasteiger partial charge in [0.15, 0.2) is 5.78 Å². The molecule has 0 N–H and O–H groups in total. The molecule has 6 rings (SSSR count). The zero-order chi connectivity index (χ0) is 30.1. The largest absolute Gasteiger partial charge is 0.473 e. The lowest BCUT2D eigenvalue weighted by atomic mass is 9.99. The smallest absolute Gasteiger partial charge is 0.214 e. The average molecular weight is 579 g/mol. The number of aromatic nitrogens is 3. The quantitative estimate of drug-likeness (QED) is 0.181. The van der Waals surface area contributed by atoms with E-state index in [-0.39, 0.29) is 36.4 Å². The van der Waals surface area contributed by atoms with Gasteiger partial charge in [0.1, 0.15) is 24.1 Å². The van der Waals surface area contributed by atoms with Crippen molar-refractivity contribution in [3.63, 3.8) is 0 Å². The molecule has 1 aliphatic heterocycles. The summed E-state index contributed by atoms with van der Waals surface area (Å²) < 4.78 is 43.4. The summed E-state index contributed by atoms with van der Waals surface area (Å²) in [7, 11) is 0. The molecule has 5 aromatic rings. The molecule has 1 saturated heterocycles. The summed E-state index contributed by atoms with van der Waals surface area (Å²) >= 11 is 0. The number of hydrogen-bond acceptors (Lipinski definition) is 6. The first kappa shape index (κ1) is 28.2. The van der Waals surface area contributed by atoms with Crippen molar-refractivity contribution in [2.75, 3.05) is 6.61 Å². The van der Waals surface area contributed by atoms with E-state index in [4.69, 9.17) is 19.7 Å². The number of ether oxygens (including phenoxy) is 2. The Labute approximate surface area is 247 Å². The van der Waals surface area contributed by atoms with Crippen molar-refractivity contribution >= 4 is 16.8 Å². The minimum Gasteiger partial charge on any atom is -0.473 e. The molecule has 1 aliphatic rings. The molecule has 0 bridgehead atoms.